The molecule has 2 aromatic carbocycles. The zero-order valence-corrected chi connectivity index (χ0v) is 14.9. The number of hydrogen-bond acceptors (Lipinski definition) is 5. The van der Waals surface area contributed by atoms with E-state index in [9.17, 15) is 0 Å². The monoisotopic (exact) mass is 338 g/mol. The molecule has 0 saturated carbocycles. The molecule has 1 heterocycles. The smallest absolute Gasteiger partial charge is 0.264 e. The third kappa shape index (κ3) is 4.18. The van der Waals surface area contributed by atoms with E-state index in [1.807, 2.05) is 36.4 Å². The highest BCUT2D eigenvalue weighted by Crippen LogP contribution is 2.25. The van der Waals surface area contributed by atoms with E-state index in [0.29, 0.717) is 11.7 Å². The lowest BCUT2D eigenvalue weighted by Gasteiger charge is -2.19. The van der Waals surface area contributed by atoms with Gasteiger partial charge in [-0.25, -0.2) is 0 Å². The molecule has 0 unspecified atom stereocenters. The van der Waals surface area contributed by atoms with Crippen LogP contribution in [0.2, 0.25) is 0 Å². The van der Waals surface area contributed by atoms with E-state index in [1.54, 1.807) is 7.11 Å². The van der Waals surface area contributed by atoms with Crippen LogP contribution in [0.5, 0.6) is 11.5 Å². The van der Waals surface area contributed by atoms with Crippen LogP contribution in [-0.4, -0.2) is 17.3 Å². The topological polar surface area (TPSA) is 57.4 Å². The fourth-order valence-corrected chi connectivity index (χ4v) is 2.39. The van der Waals surface area contributed by atoms with E-state index in [1.165, 1.54) is 5.56 Å². The molecule has 3 aromatic rings. The lowest BCUT2D eigenvalue weighted by Crippen LogP contribution is -2.10. The minimum Gasteiger partial charge on any atom is -0.497 e. The van der Waals surface area contributed by atoms with Crippen molar-refractivity contribution in [1.29, 1.82) is 0 Å². The molecule has 130 valence electrons. The van der Waals surface area contributed by atoms with Gasteiger partial charge in [0.1, 0.15) is 11.5 Å². The number of methoxy groups -OCH3 is 1. The number of hydrogen-bond donors (Lipinski definition) is 0. The minimum absolute atomic E-state index is 0.122. The van der Waals surface area contributed by atoms with Gasteiger partial charge in [-0.15, -0.1) is 0 Å². The highest BCUT2D eigenvalue weighted by molar-refractivity contribution is 5.56. The highest BCUT2D eigenvalue weighted by Gasteiger charge is 2.14. The number of ether oxygens (including phenoxy) is 2. The summed E-state index contributed by atoms with van der Waals surface area (Å²) in [6, 6.07) is 15.6. The Hall–Kier alpha value is -2.82. The van der Waals surface area contributed by atoms with E-state index in [-0.39, 0.29) is 12.0 Å². The van der Waals surface area contributed by atoms with Gasteiger partial charge in [-0.2, -0.15) is 4.98 Å². The molecular formula is C20H22N2O3. The summed E-state index contributed by atoms with van der Waals surface area (Å²) < 4.78 is 16.2. The summed E-state index contributed by atoms with van der Waals surface area (Å²) in [4.78, 5) is 4.37. The van der Waals surface area contributed by atoms with Gasteiger partial charge in [-0.1, -0.05) is 50.2 Å². The Bertz CT molecular complexity index is 833. The largest absolute Gasteiger partial charge is 0.497 e. The molecule has 0 bridgehead atoms. The molecule has 0 aliphatic rings. The van der Waals surface area contributed by atoms with Gasteiger partial charge in [0.05, 0.1) is 7.11 Å². The first-order chi connectivity index (χ1) is 12.0. The molecule has 5 heteroatoms. The molecule has 0 spiro atoms. The van der Waals surface area contributed by atoms with Crippen LogP contribution < -0.4 is 9.47 Å². The van der Waals surface area contributed by atoms with Crippen LogP contribution in [-0.2, 0) is 12.0 Å². The lowest BCUT2D eigenvalue weighted by atomic mass is 9.87. The fourth-order valence-electron chi connectivity index (χ4n) is 2.39. The van der Waals surface area contributed by atoms with E-state index in [2.05, 4.69) is 43.0 Å². The molecule has 1 aromatic heterocycles. The van der Waals surface area contributed by atoms with Crippen molar-refractivity contribution in [3.05, 3.63) is 60.0 Å². The predicted molar refractivity (Wildman–Crippen MR) is 95.8 cm³/mol. The lowest BCUT2D eigenvalue weighted by molar-refractivity contribution is 0.243. The van der Waals surface area contributed by atoms with Crippen LogP contribution in [0.25, 0.3) is 11.4 Å². The molecule has 25 heavy (non-hydrogen) atoms. The van der Waals surface area contributed by atoms with Crippen molar-refractivity contribution in [1.82, 2.24) is 10.1 Å². The number of benzene rings is 2. The van der Waals surface area contributed by atoms with E-state index in [0.717, 1.165) is 17.1 Å². The van der Waals surface area contributed by atoms with Gasteiger partial charge < -0.3 is 14.0 Å². The highest BCUT2D eigenvalue weighted by atomic mass is 16.5. The number of aromatic nitrogens is 2. The zero-order valence-electron chi connectivity index (χ0n) is 14.9. The van der Waals surface area contributed by atoms with E-state index >= 15 is 0 Å². The zero-order chi connectivity index (χ0) is 17.9. The third-order valence-corrected chi connectivity index (χ3v) is 3.88. The standard InChI is InChI=1S/C20H22N2O3/c1-20(2,3)15-8-10-16(11-9-15)24-13-18-21-19(22-25-18)14-6-5-7-17(12-14)23-4/h5-12H,13H2,1-4H3. The quantitative estimate of drug-likeness (QED) is 0.679. The molecular weight excluding hydrogens is 316 g/mol. The maximum atomic E-state index is 5.73. The Labute approximate surface area is 147 Å². The molecule has 0 N–H and O–H groups in total. The van der Waals surface area contributed by atoms with E-state index < -0.39 is 0 Å². The van der Waals surface area contributed by atoms with Crippen molar-refractivity contribution in [2.24, 2.45) is 0 Å². The van der Waals surface area contributed by atoms with Crippen LogP contribution in [0.3, 0.4) is 0 Å². The number of rotatable bonds is 5. The third-order valence-electron chi connectivity index (χ3n) is 3.88. The maximum absolute atomic E-state index is 5.73. The number of nitrogens with zero attached hydrogens (tertiary/aromatic N) is 2. The first-order valence-corrected chi connectivity index (χ1v) is 8.16. The molecule has 0 saturated heterocycles. The second-order valence-electron chi connectivity index (χ2n) is 6.81. The van der Waals surface area contributed by atoms with Crippen LogP contribution in [0.1, 0.15) is 32.2 Å². The van der Waals surface area contributed by atoms with Crippen LogP contribution >= 0.6 is 0 Å². The average molecular weight is 338 g/mol. The first-order valence-electron chi connectivity index (χ1n) is 8.16. The Kier molecular flexibility index (Phi) is 4.74. The average Bonchev–Trinajstić information content (AvgIpc) is 3.09. The van der Waals surface area contributed by atoms with Gasteiger partial charge in [-0.05, 0) is 35.2 Å². The summed E-state index contributed by atoms with van der Waals surface area (Å²) in [5.41, 5.74) is 2.22. The van der Waals surface area contributed by atoms with Crippen LogP contribution in [0.4, 0.5) is 0 Å². The van der Waals surface area contributed by atoms with Gasteiger partial charge >= 0.3 is 0 Å². The molecule has 0 aliphatic heterocycles. The molecule has 3 rings (SSSR count). The van der Waals surface area contributed by atoms with Crippen molar-refractivity contribution < 1.29 is 14.0 Å². The van der Waals surface area contributed by atoms with Crippen LogP contribution in [0, 0.1) is 0 Å². The second kappa shape index (κ2) is 6.97. The Morgan fingerprint density at radius 3 is 2.44 bits per heavy atom. The second-order valence-corrected chi connectivity index (χ2v) is 6.81. The fraction of sp³-hybridized carbons (Fsp3) is 0.300. The van der Waals surface area contributed by atoms with Crippen molar-refractivity contribution in [2.45, 2.75) is 32.8 Å². The van der Waals surface area contributed by atoms with E-state index in [4.69, 9.17) is 14.0 Å². The SMILES string of the molecule is COc1cccc(-c2noc(COc3ccc(C(C)(C)C)cc3)n2)c1. The van der Waals surface area contributed by atoms with Gasteiger partial charge in [0.25, 0.3) is 5.89 Å². The molecule has 0 atom stereocenters. The molecule has 5 nitrogen and oxygen atoms in total. The normalized spacial score (nSPS) is 11.4. The van der Waals surface area contributed by atoms with Crippen molar-refractivity contribution >= 4 is 0 Å². The molecule has 0 fully saturated rings. The van der Waals surface area contributed by atoms with Gasteiger partial charge in [-0.3, -0.25) is 0 Å². The predicted octanol–water partition coefficient (Wildman–Crippen LogP) is 4.62. The summed E-state index contributed by atoms with van der Waals surface area (Å²) in [6.45, 7) is 6.77. The first kappa shape index (κ1) is 17.0. The van der Waals surface area contributed by atoms with Crippen molar-refractivity contribution in [3.63, 3.8) is 0 Å². The van der Waals surface area contributed by atoms with Gasteiger partial charge in [0.15, 0.2) is 6.61 Å². The summed E-state index contributed by atoms with van der Waals surface area (Å²) in [5.74, 6) is 2.46. The Morgan fingerprint density at radius 1 is 1.00 bits per heavy atom. The minimum atomic E-state index is 0.122. The molecule has 0 amide bonds. The summed E-state index contributed by atoms with van der Waals surface area (Å²) in [5, 5.41) is 4.00. The summed E-state index contributed by atoms with van der Waals surface area (Å²) in [7, 11) is 1.62. The molecule has 0 aliphatic carbocycles. The Balaban J connectivity index is 1.65. The summed E-state index contributed by atoms with van der Waals surface area (Å²) in [6.07, 6.45) is 0. The Morgan fingerprint density at radius 2 is 1.76 bits per heavy atom. The summed E-state index contributed by atoms with van der Waals surface area (Å²) >= 11 is 0. The van der Waals surface area contributed by atoms with Crippen molar-refractivity contribution in [2.75, 3.05) is 7.11 Å². The van der Waals surface area contributed by atoms with Crippen LogP contribution in [0.15, 0.2) is 53.1 Å². The van der Waals surface area contributed by atoms with Gasteiger partial charge in [0.2, 0.25) is 5.82 Å². The van der Waals surface area contributed by atoms with Gasteiger partial charge in [0, 0.05) is 5.56 Å². The maximum Gasteiger partial charge on any atom is 0.264 e. The van der Waals surface area contributed by atoms with Crippen molar-refractivity contribution in [3.8, 4) is 22.9 Å². The molecule has 0 radical (unpaired) electrons.